The van der Waals surface area contributed by atoms with Gasteiger partial charge in [0.15, 0.2) is 0 Å². The predicted octanol–water partition coefficient (Wildman–Crippen LogP) is 1.63. The van der Waals surface area contributed by atoms with E-state index in [9.17, 15) is 4.79 Å². The Kier molecular flexibility index (Phi) is 3.51. The van der Waals surface area contributed by atoms with Crippen LogP contribution >= 0.6 is 11.6 Å². The summed E-state index contributed by atoms with van der Waals surface area (Å²) in [5.74, 6) is 0.613. The Balaban J connectivity index is 2.84. The molecular formula is C9H11ClO3. The van der Waals surface area contributed by atoms with Gasteiger partial charge < -0.3 is 9.47 Å². The van der Waals surface area contributed by atoms with E-state index in [0.717, 1.165) is 0 Å². The highest BCUT2D eigenvalue weighted by Gasteiger charge is 2.18. The molecule has 1 aliphatic rings. The van der Waals surface area contributed by atoms with Crippen molar-refractivity contribution in [3.05, 3.63) is 23.5 Å². The lowest BCUT2D eigenvalue weighted by Gasteiger charge is -2.17. The van der Waals surface area contributed by atoms with Crippen molar-refractivity contribution < 1.29 is 14.3 Å². The van der Waals surface area contributed by atoms with Crippen LogP contribution in [0.2, 0.25) is 0 Å². The summed E-state index contributed by atoms with van der Waals surface area (Å²) in [6.45, 7) is 0. The van der Waals surface area contributed by atoms with Gasteiger partial charge >= 0.3 is 0 Å². The van der Waals surface area contributed by atoms with Crippen molar-refractivity contribution in [2.24, 2.45) is 0 Å². The standard InChI is InChI=1S/C9H11ClO3/c1-12-7-3-6(9(10)11)4-8(5-7)13-2/h3,5,8H,4H2,1-2H3. The van der Waals surface area contributed by atoms with E-state index in [-0.39, 0.29) is 6.10 Å². The Hall–Kier alpha value is -0.800. The fourth-order valence-corrected chi connectivity index (χ4v) is 1.28. The van der Waals surface area contributed by atoms with Gasteiger partial charge in [-0.3, -0.25) is 4.79 Å². The molecule has 0 amide bonds. The van der Waals surface area contributed by atoms with Crippen LogP contribution in [-0.2, 0) is 14.3 Å². The Morgan fingerprint density at radius 2 is 2.31 bits per heavy atom. The molecule has 4 heteroatoms. The van der Waals surface area contributed by atoms with E-state index < -0.39 is 5.24 Å². The summed E-state index contributed by atoms with van der Waals surface area (Å²) in [6, 6.07) is 0. The minimum Gasteiger partial charge on any atom is -0.497 e. The van der Waals surface area contributed by atoms with Gasteiger partial charge in [-0.25, -0.2) is 0 Å². The first kappa shape index (κ1) is 10.3. The molecule has 72 valence electrons. The van der Waals surface area contributed by atoms with Crippen LogP contribution in [0.15, 0.2) is 23.5 Å². The maximum absolute atomic E-state index is 10.9. The number of carbonyl (C=O) groups excluding carboxylic acids is 1. The molecule has 1 aliphatic carbocycles. The third-order valence-corrected chi connectivity index (χ3v) is 2.12. The molecule has 0 spiro atoms. The summed E-state index contributed by atoms with van der Waals surface area (Å²) >= 11 is 5.36. The average Bonchev–Trinajstić information content (AvgIpc) is 2.16. The van der Waals surface area contributed by atoms with Crippen LogP contribution in [0.5, 0.6) is 0 Å². The summed E-state index contributed by atoms with van der Waals surface area (Å²) < 4.78 is 10.1. The van der Waals surface area contributed by atoms with Crippen molar-refractivity contribution in [2.75, 3.05) is 14.2 Å². The van der Waals surface area contributed by atoms with Crippen LogP contribution in [0.4, 0.5) is 0 Å². The quantitative estimate of drug-likeness (QED) is 0.653. The third kappa shape index (κ3) is 2.57. The third-order valence-electron chi connectivity index (χ3n) is 1.88. The number of rotatable bonds is 3. The van der Waals surface area contributed by atoms with Gasteiger partial charge in [0.05, 0.1) is 13.2 Å². The molecule has 1 atom stereocenters. The number of hydrogen-bond donors (Lipinski definition) is 0. The monoisotopic (exact) mass is 202 g/mol. The highest BCUT2D eigenvalue weighted by molar-refractivity contribution is 6.67. The van der Waals surface area contributed by atoms with Gasteiger partial charge in [-0.15, -0.1) is 0 Å². The molecule has 1 unspecified atom stereocenters. The van der Waals surface area contributed by atoms with Gasteiger partial charge in [-0.2, -0.15) is 0 Å². The molecule has 13 heavy (non-hydrogen) atoms. The summed E-state index contributed by atoms with van der Waals surface area (Å²) in [5.41, 5.74) is 0.521. The number of carbonyl (C=O) groups is 1. The molecule has 1 rings (SSSR count). The second-order valence-corrected chi connectivity index (χ2v) is 3.04. The molecular weight excluding hydrogens is 192 g/mol. The molecule has 0 fully saturated rings. The predicted molar refractivity (Wildman–Crippen MR) is 49.4 cm³/mol. The summed E-state index contributed by atoms with van der Waals surface area (Å²) in [7, 11) is 3.12. The van der Waals surface area contributed by atoms with E-state index in [2.05, 4.69) is 0 Å². The van der Waals surface area contributed by atoms with Crippen molar-refractivity contribution >= 4 is 16.8 Å². The smallest absolute Gasteiger partial charge is 0.248 e. The number of halogens is 1. The summed E-state index contributed by atoms with van der Waals surface area (Å²) in [6.07, 6.45) is 3.82. The molecule has 0 aromatic rings. The normalized spacial score (nSPS) is 21.9. The zero-order chi connectivity index (χ0) is 9.84. The first-order valence-corrected chi connectivity index (χ1v) is 4.24. The Morgan fingerprint density at radius 1 is 1.62 bits per heavy atom. The van der Waals surface area contributed by atoms with Crippen LogP contribution in [0.1, 0.15) is 6.42 Å². The van der Waals surface area contributed by atoms with Crippen molar-refractivity contribution in [1.82, 2.24) is 0 Å². The van der Waals surface area contributed by atoms with Gasteiger partial charge in [0.2, 0.25) is 5.24 Å². The topological polar surface area (TPSA) is 35.5 Å². The maximum Gasteiger partial charge on any atom is 0.248 e. The zero-order valence-corrected chi connectivity index (χ0v) is 8.30. The zero-order valence-electron chi connectivity index (χ0n) is 7.54. The van der Waals surface area contributed by atoms with Crippen LogP contribution in [0.3, 0.4) is 0 Å². The van der Waals surface area contributed by atoms with Crippen molar-refractivity contribution in [3.63, 3.8) is 0 Å². The largest absolute Gasteiger partial charge is 0.497 e. The first-order chi connectivity index (χ1) is 6.17. The number of ether oxygens (including phenoxy) is 2. The van der Waals surface area contributed by atoms with Crippen LogP contribution in [0.25, 0.3) is 0 Å². The number of hydrogen-bond acceptors (Lipinski definition) is 3. The van der Waals surface area contributed by atoms with Gasteiger partial charge in [-0.05, 0) is 23.8 Å². The Bertz CT molecular complexity index is 268. The first-order valence-electron chi connectivity index (χ1n) is 3.86. The molecule has 0 aromatic heterocycles. The van der Waals surface area contributed by atoms with Crippen molar-refractivity contribution in [2.45, 2.75) is 12.5 Å². The van der Waals surface area contributed by atoms with Gasteiger partial charge in [0.25, 0.3) is 0 Å². The van der Waals surface area contributed by atoms with E-state index in [1.165, 1.54) is 7.11 Å². The molecule has 0 saturated carbocycles. The molecule has 3 nitrogen and oxygen atoms in total. The molecule has 0 saturated heterocycles. The molecule has 0 heterocycles. The van der Waals surface area contributed by atoms with Crippen molar-refractivity contribution in [3.8, 4) is 0 Å². The minimum absolute atomic E-state index is 0.127. The number of allylic oxidation sites excluding steroid dienone is 1. The van der Waals surface area contributed by atoms with Crippen LogP contribution in [-0.4, -0.2) is 25.6 Å². The fourth-order valence-electron chi connectivity index (χ4n) is 1.15. The highest BCUT2D eigenvalue weighted by Crippen LogP contribution is 2.21. The van der Waals surface area contributed by atoms with Gasteiger partial charge in [0.1, 0.15) is 5.76 Å². The lowest BCUT2D eigenvalue weighted by molar-refractivity contribution is -0.108. The lowest BCUT2D eigenvalue weighted by atomic mass is 10.0. The van der Waals surface area contributed by atoms with E-state index in [1.807, 2.05) is 6.08 Å². The van der Waals surface area contributed by atoms with E-state index in [4.69, 9.17) is 21.1 Å². The lowest BCUT2D eigenvalue weighted by Crippen LogP contribution is -2.15. The SMILES string of the molecule is COC1=CC(OC)CC(C(=O)Cl)=C1. The average molecular weight is 203 g/mol. The van der Waals surface area contributed by atoms with Crippen LogP contribution < -0.4 is 0 Å². The van der Waals surface area contributed by atoms with E-state index in [0.29, 0.717) is 17.8 Å². The second-order valence-electron chi connectivity index (χ2n) is 2.69. The molecule has 0 radical (unpaired) electrons. The molecule has 0 aromatic carbocycles. The molecule has 0 N–H and O–H groups in total. The van der Waals surface area contributed by atoms with E-state index in [1.54, 1.807) is 13.2 Å². The molecule has 0 aliphatic heterocycles. The molecule has 0 bridgehead atoms. The maximum atomic E-state index is 10.9. The summed E-state index contributed by atoms with van der Waals surface area (Å²) in [4.78, 5) is 10.9. The van der Waals surface area contributed by atoms with Crippen molar-refractivity contribution in [1.29, 1.82) is 0 Å². The second kappa shape index (κ2) is 4.44. The Morgan fingerprint density at radius 3 is 2.77 bits per heavy atom. The summed E-state index contributed by atoms with van der Waals surface area (Å²) in [5, 5.41) is -0.454. The van der Waals surface area contributed by atoms with Gasteiger partial charge in [0, 0.05) is 19.1 Å². The van der Waals surface area contributed by atoms with Crippen LogP contribution in [0, 0.1) is 0 Å². The Labute approximate surface area is 82.0 Å². The van der Waals surface area contributed by atoms with E-state index >= 15 is 0 Å². The highest BCUT2D eigenvalue weighted by atomic mass is 35.5. The number of methoxy groups -OCH3 is 2. The van der Waals surface area contributed by atoms with Gasteiger partial charge in [-0.1, -0.05) is 0 Å². The fraction of sp³-hybridized carbons (Fsp3) is 0.444. The minimum atomic E-state index is -0.454.